The molecule has 1 atom stereocenters. The first kappa shape index (κ1) is 14.7. The van der Waals surface area contributed by atoms with Crippen LogP contribution in [0.5, 0.6) is 5.88 Å². The molecular weight excluding hydrogens is 325 g/mol. The van der Waals surface area contributed by atoms with Crippen LogP contribution in [0.1, 0.15) is 23.7 Å². The van der Waals surface area contributed by atoms with Gasteiger partial charge in [-0.1, -0.05) is 0 Å². The molecule has 24 heavy (non-hydrogen) atoms. The van der Waals surface area contributed by atoms with Gasteiger partial charge in [-0.3, -0.25) is 0 Å². The maximum Gasteiger partial charge on any atom is 0.431 e. The molecule has 0 saturated heterocycles. The molecule has 0 aromatic carbocycles. The number of hydrogen-bond acceptors (Lipinski definition) is 6. The second-order valence-electron chi connectivity index (χ2n) is 5.28. The van der Waals surface area contributed by atoms with Crippen LogP contribution in [0.15, 0.2) is 24.9 Å². The van der Waals surface area contributed by atoms with Gasteiger partial charge in [0.25, 0.3) is 0 Å². The average Bonchev–Trinajstić information content (AvgIpc) is 3.01. The van der Waals surface area contributed by atoms with Gasteiger partial charge in [-0.05, 0) is 6.07 Å². The fourth-order valence-corrected chi connectivity index (χ4v) is 2.64. The van der Waals surface area contributed by atoms with E-state index in [4.69, 9.17) is 4.74 Å². The number of alkyl halides is 3. The molecule has 0 amide bonds. The van der Waals surface area contributed by atoms with Gasteiger partial charge in [0, 0.05) is 12.6 Å². The van der Waals surface area contributed by atoms with Crippen molar-refractivity contribution in [3.63, 3.8) is 0 Å². The molecule has 124 valence electrons. The number of H-pyrrole nitrogens is 1. The summed E-state index contributed by atoms with van der Waals surface area (Å²) in [5, 5.41) is 3.42. The van der Waals surface area contributed by atoms with Gasteiger partial charge in [0.05, 0.1) is 23.6 Å². The van der Waals surface area contributed by atoms with Crippen molar-refractivity contribution in [2.24, 2.45) is 0 Å². The molecule has 3 aromatic heterocycles. The van der Waals surface area contributed by atoms with Crippen LogP contribution in [-0.4, -0.2) is 31.5 Å². The Morgan fingerprint density at radius 1 is 1.21 bits per heavy atom. The predicted octanol–water partition coefficient (Wildman–Crippen LogP) is 2.70. The fourth-order valence-electron chi connectivity index (χ4n) is 2.64. The van der Waals surface area contributed by atoms with Crippen LogP contribution in [0.25, 0.3) is 11.0 Å². The lowest BCUT2D eigenvalue weighted by Gasteiger charge is -2.25. The topological polar surface area (TPSA) is 88.6 Å². The molecule has 4 heterocycles. The minimum Gasteiger partial charge on any atom is -0.477 e. The summed E-state index contributed by atoms with van der Waals surface area (Å²) in [5.74, 6) is 0.776. The molecule has 0 bridgehead atoms. The second-order valence-corrected chi connectivity index (χ2v) is 5.28. The highest BCUT2D eigenvalue weighted by molar-refractivity contribution is 5.87. The van der Waals surface area contributed by atoms with Crippen LogP contribution < -0.4 is 10.1 Å². The molecule has 10 heteroatoms. The lowest BCUT2D eigenvalue weighted by atomic mass is 10.1. The van der Waals surface area contributed by atoms with Gasteiger partial charge in [0.2, 0.25) is 5.88 Å². The number of aromatic nitrogens is 5. The van der Waals surface area contributed by atoms with E-state index in [0.717, 1.165) is 11.6 Å². The molecule has 1 unspecified atom stereocenters. The predicted molar refractivity (Wildman–Crippen MR) is 77.4 cm³/mol. The normalized spacial score (nSPS) is 17.4. The standard InChI is InChI=1S/C14H11F3N6O/c15-14(16,17)10-3-7-11(19-6-20-12(7)23-10)22-9-1-2-24-13-8(9)4-18-5-21-13/h3-6,9H,1-2H2,(H2,19,20,22,23). The zero-order chi connectivity index (χ0) is 16.7. The summed E-state index contributed by atoms with van der Waals surface area (Å²) in [6.45, 7) is 0.441. The molecule has 0 radical (unpaired) electrons. The largest absolute Gasteiger partial charge is 0.477 e. The van der Waals surface area contributed by atoms with Crippen molar-refractivity contribution in [2.45, 2.75) is 18.6 Å². The van der Waals surface area contributed by atoms with Crippen molar-refractivity contribution < 1.29 is 17.9 Å². The monoisotopic (exact) mass is 336 g/mol. The molecule has 7 nitrogen and oxygen atoms in total. The Bertz CT molecular complexity index is 894. The Morgan fingerprint density at radius 3 is 2.92 bits per heavy atom. The van der Waals surface area contributed by atoms with Crippen molar-refractivity contribution >= 4 is 16.9 Å². The van der Waals surface area contributed by atoms with E-state index in [2.05, 4.69) is 30.2 Å². The highest BCUT2D eigenvalue weighted by Gasteiger charge is 2.33. The van der Waals surface area contributed by atoms with Crippen molar-refractivity contribution in [2.75, 3.05) is 11.9 Å². The smallest absolute Gasteiger partial charge is 0.431 e. The number of nitrogens with one attached hydrogen (secondary N) is 2. The number of ether oxygens (including phenoxy) is 1. The number of hydrogen-bond donors (Lipinski definition) is 2. The van der Waals surface area contributed by atoms with E-state index in [-0.39, 0.29) is 17.1 Å². The lowest BCUT2D eigenvalue weighted by molar-refractivity contribution is -0.140. The Morgan fingerprint density at radius 2 is 2.08 bits per heavy atom. The highest BCUT2D eigenvalue weighted by atomic mass is 19.4. The van der Waals surface area contributed by atoms with E-state index in [1.54, 1.807) is 6.20 Å². The Hall–Kier alpha value is -2.91. The zero-order valence-electron chi connectivity index (χ0n) is 12.1. The van der Waals surface area contributed by atoms with Gasteiger partial charge in [-0.25, -0.2) is 19.9 Å². The van der Waals surface area contributed by atoms with Crippen molar-refractivity contribution in [1.29, 1.82) is 0 Å². The first-order valence-electron chi connectivity index (χ1n) is 7.12. The molecule has 0 fully saturated rings. The minimum atomic E-state index is -4.48. The first-order chi connectivity index (χ1) is 11.5. The fraction of sp³-hybridized carbons (Fsp3) is 0.286. The summed E-state index contributed by atoms with van der Waals surface area (Å²) < 4.78 is 44.1. The van der Waals surface area contributed by atoms with Crippen molar-refractivity contribution in [1.82, 2.24) is 24.9 Å². The third-order valence-corrected chi connectivity index (χ3v) is 3.76. The first-order valence-corrected chi connectivity index (χ1v) is 7.12. The quantitative estimate of drug-likeness (QED) is 0.748. The SMILES string of the molecule is FC(F)(F)c1cc2c(NC3CCOc4ncncc43)ncnc2[nH]1. The lowest BCUT2D eigenvalue weighted by Crippen LogP contribution is -2.22. The van der Waals surface area contributed by atoms with Crippen LogP contribution in [-0.2, 0) is 6.18 Å². The summed E-state index contributed by atoms with van der Waals surface area (Å²) in [6.07, 6.45) is 0.351. The van der Waals surface area contributed by atoms with Gasteiger partial charge in [-0.15, -0.1) is 0 Å². The summed E-state index contributed by atoms with van der Waals surface area (Å²) >= 11 is 0. The molecular formula is C14H11F3N6O. The third kappa shape index (κ3) is 2.49. The molecule has 1 aliphatic rings. The maximum absolute atomic E-state index is 12.9. The van der Waals surface area contributed by atoms with E-state index in [1.807, 2.05) is 0 Å². The molecule has 1 aliphatic heterocycles. The van der Waals surface area contributed by atoms with Gasteiger partial charge < -0.3 is 15.0 Å². The summed E-state index contributed by atoms with van der Waals surface area (Å²) in [5.41, 5.74) is -0.00438. The van der Waals surface area contributed by atoms with E-state index in [0.29, 0.717) is 24.7 Å². The maximum atomic E-state index is 12.9. The number of rotatable bonds is 2. The summed E-state index contributed by atoms with van der Waals surface area (Å²) in [7, 11) is 0. The summed E-state index contributed by atoms with van der Waals surface area (Å²) in [4.78, 5) is 18.2. The molecule has 3 aromatic rings. The Balaban J connectivity index is 1.72. The molecule has 2 N–H and O–H groups in total. The van der Waals surface area contributed by atoms with Crippen LogP contribution in [0.3, 0.4) is 0 Å². The van der Waals surface area contributed by atoms with Crippen LogP contribution in [0.4, 0.5) is 19.0 Å². The third-order valence-electron chi connectivity index (χ3n) is 3.76. The van der Waals surface area contributed by atoms with Crippen LogP contribution in [0, 0.1) is 0 Å². The second kappa shape index (κ2) is 5.32. The van der Waals surface area contributed by atoms with E-state index in [9.17, 15) is 13.2 Å². The number of halogens is 3. The minimum absolute atomic E-state index is 0.122. The number of anilines is 1. The van der Waals surface area contributed by atoms with E-state index >= 15 is 0 Å². The zero-order valence-corrected chi connectivity index (χ0v) is 12.1. The van der Waals surface area contributed by atoms with Gasteiger partial charge in [-0.2, -0.15) is 13.2 Å². The Kier molecular flexibility index (Phi) is 3.25. The van der Waals surface area contributed by atoms with Gasteiger partial charge in [0.1, 0.15) is 29.8 Å². The van der Waals surface area contributed by atoms with E-state index in [1.165, 1.54) is 12.7 Å². The Labute approximate surface area is 133 Å². The number of fused-ring (bicyclic) bond motifs is 2. The van der Waals surface area contributed by atoms with Crippen molar-refractivity contribution in [3.05, 3.63) is 36.2 Å². The van der Waals surface area contributed by atoms with E-state index < -0.39 is 11.9 Å². The van der Waals surface area contributed by atoms with Crippen LogP contribution in [0.2, 0.25) is 0 Å². The number of aromatic amines is 1. The molecule has 0 spiro atoms. The van der Waals surface area contributed by atoms with Gasteiger partial charge >= 0.3 is 6.18 Å². The molecule has 0 saturated carbocycles. The molecule has 4 rings (SSSR count). The van der Waals surface area contributed by atoms with Gasteiger partial charge in [0.15, 0.2) is 0 Å². The highest BCUT2D eigenvalue weighted by Crippen LogP contribution is 2.35. The summed E-state index contributed by atoms with van der Waals surface area (Å²) in [6, 6.07) is 0.789. The number of nitrogens with zero attached hydrogens (tertiary/aromatic N) is 4. The van der Waals surface area contributed by atoms with Crippen molar-refractivity contribution in [3.8, 4) is 5.88 Å². The molecule has 0 aliphatic carbocycles. The van der Waals surface area contributed by atoms with Crippen LogP contribution >= 0.6 is 0 Å². The average molecular weight is 336 g/mol.